The number of hydrogen-bond donors (Lipinski definition) is 1. The van der Waals surface area contributed by atoms with E-state index in [-0.39, 0.29) is 31.0 Å². The van der Waals surface area contributed by atoms with E-state index < -0.39 is 6.04 Å². The predicted molar refractivity (Wildman–Crippen MR) is 121 cm³/mol. The van der Waals surface area contributed by atoms with Crippen LogP contribution >= 0.6 is 23.2 Å². The van der Waals surface area contributed by atoms with Crippen LogP contribution in [-0.2, 0) is 16.1 Å². The number of halogens is 2. The minimum absolute atomic E-state index is 0.0457. The summed E-state index contributed by atoms with van der Waals surface area (Å²) in [4.78, 5) is 27.5. The number of rotatable bonds is 9. The number of carbonyl (C=O) groups excluding carboxylic acids is 2. The highest BCUT2D eigenvalue weighted by Gasteiger charge is 2.30. The molecule has 0 aliphatic carbocycles. The Balaban J connectivity index is 2.30. The first-order valence-corrected chi connectivity index (χ1v) is 10.7. The zero-order chi connectivity index (χ0) is 22.3. The maximum absolute atomic E-state index is 13.2. The Morgan fingerprint density at radius 3 is 2.27 bits per heavy atom. The zero-order valence-electron chi connectivity index (χ0n) is 17.7. The second-order valence-electron chi connectivity index (χ2n) is 7.36. The van der Waals surface area contributed by atoms with Gasteiger partial charge in [-0.05, 0) is 51.0 Å². The van der Waals surface area contributed by atoms with Crippen molar-refractivity contribution in [2.75, 3.05) is 6.61 Å². The lowest BCUT2D eigenvalue weighted by Crippen LogP contribution is -2.51. The fourth-order valence-corrected chi connectivity index (χ4v) is 3.61. The third kappa shape index (κ3) is 6.38. The van der Waals surface area contributed by atoms with Crippen LogP contribution in [0.2, 0.25) is 10.0 Å². The van der Waals surface area contributed by atoms with Crippen molar-refractivity contribution in [2.24, 2.45) is 0 Å². The van der Waals surface area contributed by atoms with Crippen LogP contribution in [0, 0.1) is 6.92 Å². The number of nitrogens with one attached hydrogen (secondary N) is 1. The van der Waals surface area contributed by atoms with Crippen LogP contribution in [0.3, 0.4) is 0 Å². The molecule has 1 N–H and O–H groups in total. The Kier molecular flexibility index (Phi) is 9.00. The third-order valence-corrected chi connectivity index (χ3v) is 5.36. The van der Waals surface area contributed by atoms with E-state index >= 15 is 0 Å². The third-order valence-electron chi connectivity index (χ3n) is 4.65. The topological polar surface area (TPSA) is 58.6 Å². The van der Waals surface area contributed by atoms with Crippen molar-refractivity contribution in [1.29, 1.82) is 0 Å². The summed E-state index contributed by atoms with van der Waals surface area (Å²) >= 11 is 12.7. The van der Waals surface area contributed by atoms with Crippen LogP contribution in [0.4, 0.5) is 0 Å². The molecule has 1 atom stereocenters. The predicted octanol–water partition coefficient (Wildman–Crippen LogP) is 5.01. The van der Waals surface area contributed by atoms with Crippen LogP contribution in [0.25, 0.3) is 0 Å². The molecule has 0 unspecified atom stereocenters. The summed E-state index contributed by atoms with van der Waals surface area (Å²) in [6.07, 6.45) is 0.441. The molecule has 0 saturated carbocycles. The summed E-state index contributed by atoms with van der Waals surface area (Å²) in [5.41, 5.74) is 1.52. The van der Waals surface area contributed by atoms with Gasteiger partial charge in [-0.1, -0.05) is 54.4 Å². The van der Waals surface area contributed by atoms with Crippen LogP contribution in [0.15, 0.2) is 42.5 Å². The minimum atomic E-state index is -0.673. The van der Waals surface area contributed by atoms with Gasteiger partial charge in [0.05, 0.1) is 0 Å². The van der Waals surface area contributed by atoms with E-state index in [1.807, 2.05) is 45.9 Å². The van der Waals surface area contributed by atoms with Crippen molar-refractivity contribution >= 4 is 35.0 Å². The summed E-state index contributed by atoms with van der Waals surface area (Å²) in [6.45, 7) is 7.44. The van der Waals surface area contributed by atoms with Gasteiger partial charge in [0.15, 0.2) is 6.61 Å². The Morgan fingerprint density at radius 1 is 1.07 bits per heavy atom. The molecular weight excluding hydrogens is 423 g/mol. The van der Waals surface area contributed by atoms with Gasteiger partial charge in [0.1, 0.15) is 11.8 Å². The molecule has 2 aromatic carbocycles. The molecule has 0 heterocycles. The SMILES string of the molecule is CC[C@H](C(=O)NC(C)C)N(Cc1c(Cl)cccc1Cl)C(=O)COc1ccccc1C. The van der Waals surface area contributed by atoms with Gasteiger partial charge in [0, 0.05) is 28.2 Å². The van der Waals surface area contributed by atoms with Gasteiger partial charge < -0.3 is 15.0 Å². The molecular formula is C23H28Cl2N2O3. The molecule has 162 valence electrons. The molecule has 0 aliphatic rings. The smallest absolute Gasteiger partial charge is 0.261 e. The lowest BCUT2D eigenvalue weighted by atomic mass is 10.1. The lowest BCUT2D eigenvalue weighted by molar-refractivity contribution is -0.143. The molecule has 0 fully saturated rings. The van der Waals surface area contributed by atoms with Crippen molar-refractivity contribution in [3.8, 4) is 5.75 Å². The van der Waals surface area contributed by atoms with Crippen molar-refractivity contribution < 1.29 is 14.3 Å². The maximum atomic E-state index is 13.2. The van der Waals surface area contributed by atoms with Gasteiger partial charge in [-0.25, -0.2) is 0 Å². The van der Waals surface area contributed by atoms with Gasteiger partial charge in [0.2, 0.25) is 5.91 Å². The molecule has 0 saturated heterocycles. The first kappa shape index (κ1) is 24.0. The molecule has 2 amide bonds. The van der Waals surface area contributed by atoms with Crippen molar-refractivity contribution in [2.45, 2.75) is 52.7 Å². The van der Waals surface area contributed by atoms with Crippen LogP contribution in [0.5, 0.6) is 5.75 Å². The second kappa shape index (κ2) is 11.2. The number of carbonyl (C=O) groups is 2. The number of benzene rings is 2. The first-order valence-electron chi connectivity index (χ1n) is 9.95. The van der Waals surface area contributed by atoms with Crippen molar-refractivity contribution in [3.05, 3.63) is 63.6 Å². The Bertz CT molecular complexity index is 866. The van der Waals surface area contributed by atoms with Crippen molar-refractivity contribution in [1.82, 2.24) is 10.2 Å². The fraction of sp³-hybridized carbons (Fsp3) is 0.391. The first-order chi connectivity index (χ1) is 14.2. The Labute approximate surface area is 188 Å². The summed E-state index contributed by atoms with van der Waals surface area (Å²) in [6, 6.07) is 11.9. The summed E-state index contributed by atoms with van der Waals surface area (Å²) < 4.78 is 5.74. The lowest BCUT2D eigenvalue weighted by Gasteiger charge is -2.31. The number of ether oxygens (including phenoxy) is 1. The normalized spacial score (nSPS) is 11.8. The molecule has 0 aliphatic heterocycles. The van der Waals surface area contributed by atoms with Gasteiger partial charge >= 0.3 is 0 Å². The average Bonchev–Trinajstić information content (AvgIpc) is 2.68. The number of amides is 2. The van der Waals surface area contributed by atoms with E-state index in [0.717, 1.165) is 5.56 Å². The monoisotopic (exact) mass is 450 g/mol. The largest absolute Gasteiger partial charge is 0.484 e. The molecule has 0 radical (unpaired) electrons. The highest BCUT2D eigenvalue weighted by atomic mass is 35.5. The van der Waals surface area contributed by atoms with Crippen molar-refractivity contribution in [3.63, 3.8) is 0 Å². The molecule has 0 bridgehead atoms. The number of para-hydroxylation sites is 1. The van der Waals surface area contributed by atoms with Crippen LogP contribution in [0.1, 0.15) is 38.3 Å². The molecule has 2 rings (SSSR count). The molecule has 0 spiro atoms. The van der Waals surface area contributed by atoms with E-state index in [2.05, 4.69) is 5.32 Å². The second-order valence-corrected chi connectivity index (χ2v) is 8.18. The number of aryl methyl sites for hydroxylation is 1. The zero-order valence-corrected chi connectivity index (χ0v) is 19.3. The highest BCUT2D eigenvalue weighted by Crippen LogP contribution is 2.27. The van der Waals surface area contributed by atoms with E-state index in [0.29, 0.717) is 27.8 Å². The van der Waals surface area contributed by atoms with Gasteiger partial charge in [-0.2, -0.15) is 0 Å². The molecule has 5 nitrogen and oxygen atoms in total. The Hall–Kier alpha value is -2.24. The highest BCUT2D eigenvalue weighted by molar-refractivity contribution is 6.36. The van der Waals surface area contributed by atoms with Crippen LogP contribution in [-0.4, -0.2) is 35.4 Å². The molecule has 30 heavy (non-hydrogen) atoms. The van der Waals surface area contributed by atoms with E-state index in [4.69, 9.17) is 27.9 Å². The maximum Gasteiger partial charge on any atom is 0.261 e. The number of nitrogens with zero attached hydrogens (tertiary/aromatic N) is 1. The Morgan fingerprint density at radius 2 is 1.70 bits per heavy atom. The van der Waals surface area contributed by atoms with E-state index in [1.165, 1.54) is 4.90 Å². The quantitative estimate of drug-likeness (QED) is 0.583. The van der Waals surface area contributed by atoms with Gasteiger partial charge in [0.25, 0.3) is 5.91 Å². The van der Waals surface area contributed by atoms with Gasteiger partial charge in [-0.3, -0.25) is 9.59 Å². The average molecular weight is 451 g/mol. The van der Waals surface area contributed by atoms with Crippen LogP contribution < -0.4 is 10.1 Å². The fourth-order valence-electron chi connectivity index (χ4n) is 3.09. The molecule has 7 heteroatoms. The van der Waals surface area contributed by atoms with E-state index in [9.17, 15) is 9.59 Å². The summed E-state index contributed by atoms with van der Waals surface area (Å²) in [5.74, 6) is 0.0844. The minimum Gasteiger partial charge on any atom is -0.484 e. The van der Waals surface area contributed by atoms with Gasteiger partial charge in [-0.15, -0.1) is 0 Å². The van der Waals surface area contributed by atoms with E-state index in [1.54, 1.807) is 24.3 Å². The molecule has 0 aromatic heterocycles. The number of hydrogen-bond acceptors (Lipinski definition) is 3. The summed E-state index contributed by atoms with van der Waals surface area (Å²) in [5, 5.41) is 3.77. The standard InChI is InChI=1S/C23H28Cl2N2O3/c1-5-20(23(29)26-15(2)3)27(13-17-18(24)10-8-11-19(17)25)22(28)14-30-21-12-7-6-9-16(21)4/h6-12,15,20H,5,13-14H2,1-4H3,(H,26,29)/t20-/m1/s1. The summed E-state index contributed by atoms with van der Waals surface area (Å²) in [7, 11) is 0. The molecule has 2 aromatic rings.